The summed E-state index contributed by atoms with van der Waals surface area (Å²) < 4.78 is 0. The van der Waals surface area contributed by atoms with E-state index in [0.717, 1.165) is 15.9 Å². The van der Waals surface area contributed by atoms with Crippen LogP contribution in [0.4, 0.5) is 5.69 Å². The molecule has 1 fully saturated rings. The van der Waals surface area contributed by atoms with Gasteiger partial charge in [-0.3, -0.25) is 14.4 Å². The number of anilines is 1. The summed E-state index contributed by atoms with van der Waals surface area (Å²) in [5, 5.41) is 5.14. The van der Waals surface area contributed by atoms with Crippen LogP contribution in [0, 0.1) is 0 Å². The van der Waals surface area contributed by atoms with Gasteiger partial charge in [-0.25, -0.2) is 4.90 Å². The van der Waals surface area contributed by atoms with Crippen LogP contribution in [0.2, 0.25) is 0 Å². The molecule has 34 heavy (non-hydrogen) atoms. The molecule has 0 unspecified atom stereocenters. The highest BCUT2D eigenvalue weighted by Gasteiger charge is 2.48. The molecule has 3 aromatic carbocycles. The minimum absolute atomic E-state index is 0.0533. The number of carbonyl (C=O) groups is 3. The largest absolute Gasteiger partial charge is 0.289 e. The van der Waals surface area contributed by atoms with E-state index in [1.54, 1.807) is 11.4 Å². The Kier molecular flexibility index (Phi) is 6.23. The molecule has 4 nitrogen and oxygen atoms in total. The molecule has 0 saturated carbocycles. The van der Waals surface area contributed by atoms with E-state index in [4.69, 9.17) is 0 Å². The standard InChI is InChI=1S/C28H23NO3PS/c30-25(28-24(18-19-34-28)29-26(31)16-17-27(29)32)20-33(21-10-4-1-5-11-21,22-12-6-2-7-13-22)23-14-8-3-9-15-23/h1-15,18-19H,16-17,20H2/q+1. The number of hydrogen-bond acceptors (Lipinski definition) is 4. The highest BCUT2D eigenvalue weighted by Crippen LogP contribution is 2.56. The number of nitrogens with zero attached hydrogens (tertiary/aromatic N) is 1. The van der Waals surface area contributed by atoms with E-state index in [2.05, 4.69) is 36.4 Å². The van der Waals surface area contributed by atoms with Gasteiger partial charge in [-0.2, -0.15) is 0 Å². The molecule has 1 aliphatic heterocycles. The Hall–Kier alpha value is -3.40. The molecule has 5 rings (SSSR count). The Morgan fingerprint density at radius 3 is 1.59 bits per heavy atom. The minimum Gasteiger partial charge on any atom is -0.289 e. The van der Waals surface area contributed by atoms with Crippen LogP contribution in [0.1, 0.15) is 22.5 Å². The molecule has 168 valence electrons. The first-order valence-corrected chi connectivity index (χ1v) is 14.0. The number of benzene rings is 3. The van der Waals surface area contributed by atoms with Crippen molar-refractivity contribution in [1.82, 2.24) is 0 Å². The fraction of sp³-hybridized carbons (Fsp3) is 0.107. The highest BCUT2D eigenvalue weighted by molar-refractivity contribution is 7.96. The summed E-state index contributed by atoms with van der Waals surface area (Å²) in [5.74, 6) is -0.539. The van der Waals surface area contributed by atoms with Gasteiger partial charge in [0.2, 0.25) is 17.6 Å². The molecular weight excluding hydrogens is 461 g/mol. The number of carbonyl (C=O) groups excluding carboxylic acids is 3. The number of hydrogen-bond donors (Lipinski definition) is 0. The Balaban J connectivity index is 1.66. The average Bonchev–Trinajstić information content (AvgIpc) is 3.49. The molecule has 0 atom stereocenters. The van der Waals surface area contributed by atoms with Gasteiger partial charge in [-0.1, -0.05) is 54.6 Å². The number of amides is 2. The van der Waals surface area contributed by atoms with E-state index in [0.29, 0.717) is 10.6 Å². The van der Waals surface area contributed by atoms with E-state index in [9.17, 15) is 14.4 Å². The molecule has 1 saturated heterocycles. The van der Waals surface area contributed by atoms with Crippen LogP contribution < -0.4 is 20.8 Å². The highest BCUT2D eigenvalue weighted by atomic mass is 32.1. The maximum atomic E-state index is 14.0. The van der Waals surface area contributed by atoms with Crippen LogP contribution in [0.25, 0.3) is 0 Å². The van der Waals surface area contributed by atoms with E-state index in [1.807, 2.05) is 54.6 Å². The van der Waals surface area contributed by atoms with Crippen LogP contribution in [0.15, 0.2) is 102 Å². The van der Waals surface area contributed by atoms with Crippen molar-refractivity contribution in [3.05, 3.63) is 107 Å². The molecule has 1 aliphatic rings. The summed E-state index contributed by atoms with van der Waals surface area (Å²) in [4.78, 5) is 40.5. The molecule has 2 heterocycles. The lowest BCUT2D eigenvalue weighted by Gasteiger charge is -2.27. The monoisotopic (exact) mass is 484 g/mol. The van der Waals surface area contributed by atoms with Gasteiger partial charge in [-0.15, -0.1) is 11.3 Å². The van der Waals surface area contributed by atoms with E-state index < -0.39 is 7.26 Å². The molecule has 0 bridgehead atoms. The summed E-state index contributed by atoms with van der Waals surface area (Å²) in [6.45, 7) is 0. The van der Waals surface area contributed by atoms with Crippen LogP contribution in [-0.2, 0) is 9.59 Å². The number of ketones is 1. The van der Waals surface area contributed by atoms with Crippen LogP contribution in [-0.4, -0.2) is 23.8 Å². The summed E-state index contributed by atoms with van der Waals surface area (Å²) in [6, 6.07) is 32.3. The van der Waals surface area contributed by atoms with Crippen molar-refractivity contribution in [1.29, 1.82) is 0 Å². The Morgan fingerprint density at radius 2 is 1.15 bits per heavy atom. The van der Waals surface area contributed by atoms with Gasteiger partial charge in [0.25, 0.3) is 0 Å². The molecule has 0 radical (unpaired) electrons. The molecule has 6 heteroatoms. The van der Waals surface area contributed by atoms with Crippen LogP contribution in [0.5, 0.6) is 0 Å². The fourth-order valence-electron chi connectivity index (χ4n) is 4.59. The normalized spacial score (nSPS) is 13.9. The van der Waals surface area contributed by atoms with Crippen molar-refractivity contribution in [2.24, 2.45) is 0 Å². The molecule has 1 aromatic heterocycles. The van der Waals surface area contributed by atoms with Crippen molar-refractivity contribution in [3.63, 3.8) is 0 Å². The second-order valence-corrected chi connectivity index (χ2v) is 12.6. The smallest absolute Gasteiger partial charge is 0.234 e. The third kappa shape index (κ3) is 3.91. The molecule has 0 aliphatic carbocycles. The number of thiophene rings is 1. The zero-order chi connectivity index (χ0) is 23.5. The molecule has 0 spiro atoms. The van der Waals surface area contributed by atoms with Gasteiger partial charge < -0.3 is 0 Å². The second-order valence-electron chi connectivity index (χ2n) is 8.16. The van der Waals surface area contributed by atoms with Gasteiger partial charge >= 0.3 is 0 Å². The summed E-state index contributed by atoms with van der Waals surface area (Å²) in [6.07, 6.45) is 0.656. The third-order valence-corrected chi connectivity index (χ3v) is 11.4. The van der Waals surface area contributed by atoms with Crippen molar-refractivity contribution in [3.8, 4) is 0 Å². The van der Waals surface area contributed by atoms with Crippen molar-refractivity contribution in [2.75, 3.05) is 11.1 Å². The van der Waals surface area contributed by atoms with E-state index >= 15 is 0 Å². The van der Waals surface area contributed by atoms with Crippen molar-refractivity contribution >= 4 is 57.8 Å². The Morgan fingerprint density at radius 1 is 0.706 bits per heavy atom. The fourth-order valence-corrected chi connectivity index (χ4v) is 9.59. The van der Waals surface area contributed by atoms with E-state index in [1.165, 1.54) is 16.2 Å². The van der Waals surface area contributed by atoms with Gasteiger partial charge in [0, 0.05) is 12.8 Å². The maximum Gasteiger partial charge on any atom is 0.234 e. The van der Waals surface area contributed by atoms with Crippen LogP contribution >= 0.6 is 18.6 Å². The van der Waals surface area contributed by atoms with Crippen molar-refractivity contribution < 1.29 is 14.4 Å². The molecule has 0 N–H and O–H groups in total. The van der Waals surface area contributed by atoms with Crippen molar-refractivity contribution in [2.45, 2.75) is 12.8 Å². The lowest BCUT2D eigenvalue weighted by Crippen LogP contribution is -2.36. The number of imide groups is 1. The summed E-state index contributed by atoms with van der Waals surface area (Å²) in [5.41, 5.74) is 0.426. The van der Waals surface area contributed by atoms with Gasteiger partial charge in [0.05, 0.1) is 10.6 Å². The first-order valence-electron chi connectivity index (χ1n) is 11.1. The quantitative estimate of drug-likeness (QED) is 0.219. The predicted molar refractivity (Wildman–Crippen MR) is 140 cm³/mol. The Bertz CT molecular complexity index is 1220. The van der Waals surface area contributed by atoms with Crippen LogP contribution in [0.3, 0.4) is 0 Å². The molecule has 2 amide bonds. The zero-order valence-electron chi connectivity index (χ0n) is 18.5. The third-order valence-electron chi connectivity index (χ3n) is 6.16. The van der Waals surface area contributed by atoms with Gasteiger partial charge in [0.1, 0.15) is 29.3 Å². The van der Waals surface area contributed by atoms with Gasteiger partial charge in [-0.05, 0) is 47.8 Å². The Labute approximate surface area is 203 Å². The summed E-state index contributed by atoms with van der Waals surface area (Å²) in [7, 11) is -2.36. The molecule has 4 aromatic rings. The zero-order valence-corrected chi connectivity index (χ0v) is 20.2. The summed E-state index contributed by atoms with van der Waals surface area (Å²) >= 11 is 1.30. The maximum absolute atomic E-state index is 14.0. The first kappa shape index (κ1) is 22.4. The number of Topliss-reactive ketones (excluding diaryl/α,β-unsaturated/α-hetero) is 1. The lowest BCUT2D eigenvalue weighted by molar-refractivity contribution is -0.121. The predicted octanol–water partition coefficient (Wildman–Crippen LogP) is 4.58. The number of rotatable bonds is 7. The lowest BCUT2D eigenvalue weighted by atomic mass is 10.3. The first-order chi connectivity index (χ1) is 16.6. The average molecular weight is 485 g/mol. The van der Waals surface area contributed by atoms with E-state index in [-0.39, 0.29) is 36.6 Å². The minimum atomic E-state index is -2.36. The SMILES string of the molecule is O=C(C[P+](c1ccccc1)(c1ccccc1)c1ccccc1)c1sccc1N1C(=O)CCC1=O. The topological polar surface area (TPSA) is 54.5 Å². The second kappa shape index (κ2) is 9.46. The molecular formula is C28H23NO3PS+. The van der Waals surface area contributed by atoms with Gasteiger partial charge in [0.15, 0.2) is 0 Å².